The Bertz CT molecular complexity index is 472. The van der Waals surface area contributed by atoms with Crippen LogP contribution in [0.15, 0.2) is 12.1 Å². The summed E-state index contributed by atoms with van der Waals surface area (Å²) in [5, 5.41) is 0.380. The van der Waals surface area contributed by atoms with Crippen molar-refractivity contribution in [3.63, 3.8) is 0 Å². The van der Waals surface area contributed by atoms with Gasteiger partial charge in [0.15, 0.2) is 17.3 Å². The number of methoxy groups -OCH3 is 1. The van der Waals surface area contributed by atoms with Crippen molar-refractivity contribution < 1.29 is 14.3 Å². The Morgan fingerprint density at radius 3 is 2.79 bits per heavy atom. The first-order chi connectivity index (χ1) is 9.17. The Morgan fingerprint density at radius 1 is 1.47 bits per heavy atom. The van der Waals surface area contributed by atoms with E-state index in [1.54, 1.807) is 19.2 Å². The largest absolute Gasteiger partial charge is 0.493 e. The number of nitrogens with two attached hydrogens (primary N) is 1. The highest BCUT2D eigenvalue weighted by Crippen LogP contribution is 2.38. The van der Waals surface area contributed by atoms with E-state index in [4.69, 9.17) is 26.8 Å². The number of halogens is 1. The minimum absolute atomic E-state index is 0.114. The molecule has 1 fully saturated rings. The number of carbonyl (C=O) groups is 1. The minimum atomic E-state index is -0.114. The van der Waals surface area contributed by atoms with Crippen molar-refractivity contribution in [3.8, 4) is 11.5 Å². The van der Waals surface area contributed by atoms with Crippen LogP contribution in [0.1, 0.15) is 29.6 Å². The molecule has 5 heteroatoms. The number of hydrogen-bond donors (Lipinski definition) is 1. The van der Waals surface area contributed by atoms with Gasteiger partial charge in [0.1, 0.15) is 0 Å². The lowest BCUT2D eigenvalue weighted by molar-refractivity contribution is 0.0980. The van der Waals surface area contributed by atoms with Crippen molar-refractivity contribution in [1.82, 2.24) is 0 Å². The minimum Gasteiger partial charge on any atom is -0.493 e. The van der Waals surface area contributed by atoms with Gasteiger partial charge in [-0.2, -0.15) is 0 Å². The molecule has 0 aliphatic heterocycles. The number of ketones is 1. The summed E-state index contributed by atoms with van der Waals surface area (Å²) >= 11 is 6.12. The van der Waals surface area contributed by atoms with Gasteiger partial charge in [-0.3, -0.25) is 4.79 Å². The van der Waals surface area contributed by atoms with Crippen molar-refractivity contribution in [1.29, 1.82) is 0 Å². The summed E-state index contributed by atoms with van der Waals surface area (Å²) in [5.41, 5.74) is 5.82. The summed E-state index contributed by atoms with van der Waals surface area (Å²) in [5.74, 6) is 1.45. The van der Waals surface area contributed by atoms with Gasteiger partial charge in [0.05, 0.1) is 24.3 Å². The molecule has 1 saturated carbocycles. The van der Waals surface area contributed by atoms with Crippen molar-refractivity contribution in [3.05, 3.63) is 22.7 Å². The number of benzene rings is 1. The molecule has 0 radical (unpaired) electrons. The molecule has 0 amide bonds. The molecular formula is C14H18ClNO3. The number of Topliss-reactive ketones (excluding diaryl/α,β-unsaturated/α-hetero) is 1. The summed E-state index contributed by atoms with van der Waals surface area (Å²) in [6.07, 6.45) is 2.59. The second kappa shape index (κ2) is 6.26. The summed E-state index contributed by atoms with van der Waals surface area (Å²) in [7, 11) is 1.55. The summed E-state index contributed by atoms with van der Waals surface area (Å²) < 4.78 is 11.0. The van der Waals surface area contributed by atoms with E-state index in [9.17, 15) is 4.79 Å². The molecule has 0 saturated heterocycles. The van der Waals surface area contributed by atoms with Crippen LogP contribution in [0.5, 0.6) is 11.5 Å². The topological polar surface area (TPSA) is 61.5 Å². The maximum absolute atomic E-state index is 12.1. The fourth-order valence-electron chi connectivity index (χ4n) is 1.85. The lowest BCUT2D eigenvalue weighted by atomic mass is 10.1. The van der Waals surface area contributed by atoms with E-state index < -0.39 is 0 Å². The SMILES string of the molecule is COc1ccc(Cl)c(C(=O)CCN)c1OCC1CC1. The molecule has 1 aromatic carbocycles. The molecule has 0 heterocycles. The van der Waals surface area contributed by atoms with Crippen LogP contribution in [-0.4, -0.2) is 26.0 Å². The van der Waals surface area contributed by atoms with E-state index in [1.165, 1.54) is 12.8 Å². The molecule has 0 atom stereocenters. The highest BCUT2D eigenvalue weighted by atomic mass is 35.5. The van der Waals surface area contributed by atoms with Crippen LogP contribution in [-0.2, 0) is 0 Å². The van der Waals surface area contributed by atoms with Gasteiger partial charge < -0.3 is 15.2 Å². The Morgan fingerprint density at radius 2 is 2.21 bits per heavy atom. The third-order valence-corrected chi connectivity index (χ3v) is 3.42. The van der Waals surface area contributed by atoms with Gasteiger partial charge in [-0.15, -0.1) is 0 Å². The molecule has 0 bridgehead atoms. The molecule has 0 unspecified atom stereocenters. The first-order valence-corrected chi connectivity index (χ1v) is 6.77. The number of hydrogen-bond acceptors (Lipinski definition) is 4. The quantitative estimate of drug-likeness (QED) is 0.782. The van der Waals surface area contributed by atoms with Gasteiger partial charge >= 0.3 is 0 Å². The van der Waals surface area contributed by atoms with Crippen LogP contribution in [0.4, 0.5) is 0 Å². The molecular weight excluding hydrogens is 266 g/mol. The smallest absolute Gasteiger partial charge is 0.173 e. The Labute approximate surface area is 117 Å². The Kier molecular flexibility index (Phi) is 4.66. The highest BCUT2D eigenvalue weighted by Gasteiger charge is 2.25. The van der Waals surface area contributed by atoms with Gasteiger partial charge in [0.25, 0.3) is 0 Å². The zero-order valence-electron chi connectivity index (χ0n) is 10.9. The van der Waals surface area contributed by atoms with Crippen LogP contribution in [0, 0.1) is 5.92 Å². The molecule has 104 valence electrons. The van der Waals surface area contributed by atoms with Gasteiger partial charge in [-0.1, -0.05) is 11.6 Å². The fraction of sp³-hybridized carbons (Fsp3) is 0.500. The van der Waals surface area contributed by atoms with Crippen LogP contribution in [0.25, 0.3) is 0 Å². The number of carbonyl (C=O) groups excluding carboxylic acids is 1. The molecule has 2 N–H and O–H groups in total. The first kappa shape index (κ1) is 14.2. The average molecular weight is 284 g/mol. The van der Waals surface area contributed by atoms with E-state index in [2.05, 4.69) is 0 Å². The predicted octanol–water partition coefficient (Wildman–Crippen LogP) is 2.67. The molecule has 2 rings (SSSR count). The molecule has 19 heavy (non-hydrogen) atoms. The van der Waals surface area contributed by atoms with Gasteiger partial charge in [-0.05, 0) is 37.4 Å². The second-order valence-corrected chi connectivity index (χ2v) is 5.08. The van der Waals surface area contributed by atoms with Crippen LogP contribution < -0.4 is 15.2 Å². The zero-order valence-corrected chi connectivity index (χ0v) is 11.7. The number of ether oxygens (including phenoxy) is 2. The van der Waals surface area contributed by atoms with Crippen molar-refractivity contribution >= 4 is 17.4 Å². The highest BCUT2D eigenvalue weighted by molar-refractivity contribution is 6.34. The number of rotatable bonds is 7. The molecule has 4 nitrogen and oxygen atoms in total. The maximum Gasteiger partial charge on any atom is 0.173 e. The van der Waals surface area contributed by atoms with E-state index in [0.29, 0.717) is 34.6 Å². The third kappa shape index (κ3) is 3.39. The van der Waals surface area contributed by atoms with Crippen LogP contribution >= 0.6 is 11.6 Å². The van der Waals surface area contributed by atoms with Crippen molar-refractivity contribution in [2.45, 2.75) is 19.3 Å². The summed E-state index contributed by atoms with van der Waals surface area (Å²) in [6, 6.07) is 3.36. The second-order valence-electron chi connectivity index (χ2n) is 4.67. The van der Waals surface area contributed by atoms with Gasteiger partial charge in [0, 0.05) is 6.42 Å². The standard InChI is InChI=1S/C14H18ClNO3/c1-18-12-5-4-10(15)13(11(17)6-7-16)14(12)19-8-9-2-3-9/h4-5,9H,2-3,6-8,16H2,1H3. The normalized spacial score (nSPS) is 14.3. The Hall–Kier alpha value is -1.26. The summed E-state index contributed by atoms with van der Waals surface area (Å²) in [6.45, 7) is 0.883. The predicted molar refractivity (Wildman–Crippen MR) is 74.2 cm³/mol. The van der Waals surface area contributed by atoms with Gasteiger partial charge in [-0.25, -0.2) is 0 Å². The van der Waals surface area contributed by atoms with Crippen molar-refractivity contribution in [2.75, 3.05) is 20.3 Å². The first-order valence-electron chi connectivity index (χ1n) is 6.40. The van der Waals surface area contributed by atoms with Crippen LogP contribution in [0.2, 0.25) is 5.02 Å². The average Bonchev–Trinajstić information content (AvgIpc) is 3.20. The molecule has 1 aliphatic carbocycles. The zero-order chi connectivity index (χ0) is 13.8. The molecule has 0 aromatic heterocycles. The maximum atomic E-state index is 12.1. The Balaban J connectivity index is 2.32. The lowest BCUT2D eigenvalue weighted by Gasteiger charge is -2.15. The summed E-state index contributed by atoms with van der Waals surface area (Å²) in [4.78, 5) is 12.1. The molecule has 1 aromatic rings. The molecule has 0 spiro atoms. The van der Waals surface area contributed by atoms with Crippen molar-refractivity contribution in [2.24, 2.45) is 11.7 Å². The van der Waals surface area contributed by atoms with Crippen LogP contribution in [0.3, 0.4) is 0 Å². The van der Waals surface area contributed by atoms with E-state index >= 15 is 0 Å². The third-order valence-electron chi connectivity index (χ3n) is 3.10. The van der Waals surface area contributed by atoms with E-state index in [0.717, 1.165) is 0 Å². The fourth-order valence-corrected chi connectivity index (χ4v) is 2.10. The van der Waals surface area contributed by atoms with E-state index in [1.807, 2.05) is 0 Å². The van der Waals surface area contributed by atoms with Gasteiger partial charge in [0.2, 0.25) is 0 Å². The van der Waals surface area contributed by atoms with E-state index in [-0.39, 0.29) is 18.7 Å². The lowest BCUT2D eigenvalue weighted by Crippen LogP contribution is -2.12. The molecule has 1 aliphatic rings. The monoisotopic (exact) mass is 283 g/mol.